The number of hydrogen-bond donors (Lipinski definition) is 1. The molecule has 190 valence electrons. The first-order valence-corrected chi connectivity index (χ1v) is 13.3. The minimum Gasteiger partial charge on any atom is -0.357 e. The molecule has 0 aliphatic heterocycles. The van der Waals surface area contributed by atoms with E-state index in [0.717, 1.165) is 15.4 Å². The van der Waals surface area contributed by atoms with Crippen LogP contribution in [0.1, 0.15) is 23.6 Å². The van der Waals surface area contributed by atoms with E-state index in [-0.39, 0.29) is 17.3 Å². The maximum atomic E-state index is 13.7. The normalized spacial score (nSPS) is 12.0. The molecular weight excluding hydrogens is 498 g/mol. The maximum absolute atomic E-state index is 13.7. The van der Waals surface area contributed by atoms with Crippen molar-refractivity contribution in [1.29, 1.82) is 0 Å². The molecule has 0 heterocycles. The first-order valence-electron chi connectivity index (χ1n) is 11.4. The number of nitrogens with one attached hydrogen (secondary N) is 1. The Labute approximate surface area is 217 Å². The van der Waals surface area contributed by atoms with Crippen molar-refractivity contribution in [2.45, 2.75) is 38.3 Å². The lowest BCUT2D eigenvalue weighted by Crippen LogP contribution is -2.50. The summed E-state index contributed by atoms with van der Waals surface area (Å²) in [6, 6.07) is 19.5. The van der Waals surface area contributed by atoms with Crippen LogP contribution in [0.15, 0.2) is 77.7 Å². The molecule has 0 unspecified atom stereocenters. The van der Waals surface area contributed by atoms with Gasteiger partial charge in [0.15, 0.2) is 0 Å². The first kappa shape index (κ1) is 27.2. The molecule has 7 nitrogen and oxygen atoms in total. The Morgan fingerprint density at radius 1 is 0.972 bits per heavy atom. The number of likely N-dealkylation sites (N-methyl/N-ethyl adjacent to an activating group) is 1. The highest BCUT2D eigenvalue weighted by atomic mass is 35.5. The third kappa shape index (κ3) is 6.25. The largest absolute Gasteiger partial charge is 0.357 e. The number of rotatable bonds is 9. The predicted molar refractivity (Wildman–Crippen MR) is 142 cm³/mol. The van der Waals surface area contributed by atoms with Crippen LogP contribution >= 0.6 is 11.6 Å². The molecule has 1 atom stereocenters. The monoisotopic (exact) mass is 527 g/mol. The smallest absolute Gasteiger partial charge is 0.264 e. The molecule has 9 heteroatoms. The van der Waals surface area contributed by atoms with Gasteiger partial charge in [-0.3, -0.25) is 13.9 Å². The highest BCUT2D eigenvalue weighted by Crippen LogP contribution is 2.28. The van der Waals surface area contributed by atoms with Crippen LogP contribution in [-0.2, 0) is 26.2 Å². The Bertz CT molecular complexity index is 1350. The molecule has 0 aliphatic rings. The molecule has 0 aliphatic carbocycles. The molecule has 1 N–H and O–H groups in total. The van der Waals surface area contributed by atoms with E-state index in [1.807, 2.05) is 13.0 Å². The summed E-state index contributed by atoms with van der Waals surface area (Å²) in [5, 5.41) is 3.06. The molecule has 0 bridgehead atoms. The molecule has 0 aromatic heterocycles. The fourth-order valence-corrected chi connectivity index (χ4v) is 5.65. The lowest BCUT2D eigenvalue weighted by molar-refractivity contribution is -0.139. The number of benzene rings is 3. The fourth-order valence-electron chi connectivity index (χ4n) is 3.94. The third-order valence-corrected chi connectivity index (χ3v) is 7.90. The summed E-state index contributed by atoms with van der Waals surface area (Å²) in [5.41, 5.74) is 2.79. The summed E-state index contributed by atoms with van der Waals surface area (Å²) in [6.07, 6.45) is 0. The first-order chi connectivity index (χ1) is 17.0. The zero-order valence-corrected chi connectivity index (χ0v) is 22.3. The SMILES string of the molecule is CNC(=O)[C@@H](C)N(Cc1cccc(Cl)c1)C(=O)CN(c1ccc(C)cc1C)S(=O)(=O)c1ccccc1. The molecule has 2 amide bonds. The zero-order valence-electron chi connectivity index (χ0n) is 20.7. The Morgan fingerprint density at radius 3 is 2.28 bits per heavy atom. The third-order valence-electron chi connectivity index (χ3n) is 5.89. The quantitative estimate of drug-likeness (QED) is 0.449. The van der Waals surface area contributed by atoms with E-state index >= 15 is 0 Å². The van der Waals surface area contributed by atoms with Gasteiger partial charge in [0.05, 0.1) is 10.6 Å². The molecule has 36 heavy (non-hydrogen) atoms. The lowest BCUT2D eigenvalue weighted by atomic mass is 10.1. The Morgan fingerprint density at radius 2 is 1.67 bits per heavy atom. The highest BCUT2D eigenvalue weighted by Gasteiger charge is 2.32. The number of aryl methyl sites for hydroxylation is 2. The summed E-state index contributed by atoms with van der Waals surface area (Å²) < 4.78 is 28.6. The molecular formula is C27H30ClN3O4S. The van der Waals surface area contributed by atoms with Gasteiger partial charge >= 0.3 is 0 Å². The standard InChI is InChI=1S/C27H30ClN3O4S/c1-19-13-14-25(20(2)15-19)31(36(34,35)24-11-6-5-7-12-24)18-26(32)30(21(3)27(33)29-4)17-22-9-8-10-23(28)16-22/h5-16,21H,17-18H2,1-4H3,(H,29,33)/t21-/m1/s1. The van der Waals surface area contributed by atoms with Crippen molar-refractivity contribution in [3.05, 3.63) is 94.5 Å². The molecule has 3 rings (SSSR count). The minimum atomic E-state index is -4.08. The number of hydrogen-bond acceptors (Lipinski definition) is 4. The predicted octanol–water partition coefficient (Wildman–Crippen LogP) is 4.32. The second kappa shape index (κ2) is 11.6. The van der Waals surface area contributed by atoms with E-state index in [1.54, 1.807) is 68.4 Å². The molecule has 3 aromatic rings. The molecule has 0 saturated carbocycles. The van der Waals surface area contributed by atoms with Gasteiger partial charge in [0.25, 0.3) is 10.0 Å². The van der Waals surface area contributed by atoms with Crippen molar-refractivity contribution in [2.24, 2.45) is 0 Å². The second-order valence-electron chi connectivity index (χ2n) is 8.56. The second-order valence-corrected chi connectivity index (χ2v) is 10.9. The van der Waals surface area contributed by atoms with E-state index in [0.29, 0.717) is 16.3 Å². The van der Waals surface area contributed by atoms with Gasteiger partial charge in [0.2, 0.25) is 11.8 Å². The topological polar surface area (TPSA) is 86.8 Å². The minimum absolute atomic E-state index is 0.0681. The van der Waals surface area contributed by atoms with Gasteiger partial charge in [-0.1, -0.05) is 59.6 Å². The average molecular weight is 528 g/mol. The van der Waals surface area contributed by atoms with Crippen LogP contribution in [0.2, 0.25) is 5.02 Å². The van der Waals surface area contributed by atoms with E-state index in [4.69, 9.17) is 11.6 Å². The number of anilines is 1. The van der Waals surface area contributed by atoms with Gasteiger partial charge in [-0.25, -0.2) is 8.42 Å². The summed E-state index contributed by atoms with van der Waals surface area (Å²) in [4.78, 5) is 27.7. The van der Waals surface area contributed by atoms with Crippen LogP contribution in [0.25, 0.3) is 0 Å². The summed E-state index contributed by atoms with van der Waals surface area (Å²) in [5.74, 6) is -0.889. The van der Waals surface area contributed by atoms with Gasteiger partial charge in [0.1, 0.15) is 12.6 Å². The maximum Gasteiger partial charge on any atom is 0.264 e. The van der Waals surface area contributed by atoms with Crippen molar-refractivity contribution < 1.29 is 18.0 Å². The van der Waals surface area contributed by atoms with Crippen LogP contribution in [0.4, 0.5) is 5.69 Å². The van der Waals surface area contributed by atoms with Gasteiger partial charge in [-0.05, 0) is 62.2 Å². The number of sulfonamides is 1. The number of carbonyl (C=O) groups is 2. The number of amides is 2. The van der Waals surface area contributed by atoms with Gasteiger partial charge in [-0.15, -0.1) is 0 Å². The van der Waals surface area contributed by atoms with E-state index < -0.39 is 28.5 Å². The van der Waals surface area contributed by atoms with E-state index in [1.165, 1.54) is 24.1 Å². The Hall–Kier alpha value is -3.36. The molecule has 0 spiro atoms. The number of carbonyl (C=O) groups excluding carboxylic acids is 2. The fraction of sp³-hybridized carbons (Fsp3) is 0.259. The van der Waals surface area contributed by atoms with Crippen LogP contribution in [0, 0.1) is 13.8 Å². The summed E-state index contributed by atoms with van der Waals surface area (Å²) >= 11 is 6.13. The molecule has 0 fully saturated rings. The van der Waals surface area contributed by atoms with Crippen LogP contribution in [0.3, 0.4) is 0 Å². The summed E-state index contributed by atoms with van der Waals surface area (Å²) in [7, 11) is -2.60. The van der Waals surface area contributed by atoms with Crippen molar-refractivity contribution >= 4 is 39.1 Å². The van der Waals surface area contributed by atoms with E-state index in [2.05, 4.69) is 5.32 Å². The van der Waals surface area contributed by atoms with Crippen LogP contribution < -0.4 is 9.62 Å². The molecule has 0 saturated heterocycles. The van der Waals surface area contributed by atoms with E-state index in [9.17, 15) is 18.0 Å². The van der Waals surface area contributed by atoms with Gasteiger partial charge < -0.3 is 10.2 Å². The van der Waals surface area contributed by atoms with Crippen molar-refractivity contribution in [3.63, 3.8) is 0 Å². The average Bonchev–Trinajstić information content (AvgIpc) is 2.85. The lowest BCUT2D eigenvalue weighted by Gasteiger charge is -2.32. The van der Waals surface area contributed by atoms with Gasteiger partial charge in [0, 0.05) is 18.6 Å². The van der Waals surface area contributed by atoms with Crippen molar-refractivity contribution in [2.75, 3.05) is 17.9 Å². The zero-order chi connectivity index (χ0) is 26.5. The van der Waals surface area contributed by atoms with Crippen LogP contribution in [-0.4, -0.2) is 44.8 Å². The number of halogens is 1. The molecule has 0 radical (unpaired) electrons. The number of nitrogens with zero attached hydrogens (tertiary/aromatic N) is 2. The van der Waals surface area contributed by atoms with Gasteiger partial charge in [-0.2, -0.15) is 0 Å². The Balaban J connectivity index is 2.06. The summed E-state index contributed by atoms with van der Waals surface area (Å²) in [6.45, 7) is 4.92. The highest BCUT2D eigenvalue weighted by molar-refractivity contribution is 7.92. The van der Waals surface area contributed by atoms with Crippen molar-refractivity contribution in [3.8, 4) is 0 Å². The van der Waals surface area contributed by atoms with Crippen LogP contribution in [0.5, 0.6) is 0 Å². The molecule has 3 aromatic carbocycles. The van der Waals surface area contributed by atoms with Crippen molar-refractivity contribution in [1.82, 2.24) is 10.2 Å². The Kier molecular flexibility index (Phi) is 8.76.